The molecular weight excluding hydrogens is 174 g/mol. The standard InChI is InChI=1S/C8H11NO2S/c10-6-1-3-11-7(5-6)8-9-2-4-12-8/h2,4,6-7,10H,1,3,5H2. The molecule has 66 valence electrons. The lowest BCUT2D eigenvalue weighted by Gasteiger charge is -2.24. The number of nitrogens with zero attached hydrogens (tertiary/aromatic N) is 1. The lowest BCUT2D eigenvalue weighted by Crippen LogP contribution is -2.23. The van der Waals surface area contributed by atoms with Crippen LogP contribution in [0.5, 0.6) is 0 Å². The van der Waals surface area contributed by atoms with Crippen LogP contribution < -0.4 is 0 Å². The summed E-state index contributed by atoms with van der Waals surface area (Å²) in [5.41, 5.74) is 0. The monoisotopic (exact) mass is 185 g/mol. The molecule has 0 amide bonds. The normalized spacial score (nSPS) is 30.4. The Balaban J connectivity index is 2.04. The van der Waals surface area contributed by atoms with Crippen molar-refractivity contribution in [3.63, 3.8) is 0 Å². The van der Waals surface area contributed by atoms with Gasteiger partial charge in [-0.15, -0.1) is 11.3 Å². The molecule has 1 fully saturated rings. The molecule has 2 heterocycles. The maximum absolute atomic E-state index is 9.38. The van der Waals surface area contributed by atoms with Gasteiger partial charge in [-0.2, -0.15) is 0 Å². The third-order valence-electron chi connectivity index (χ3n) is 1.98. The molecule has 0 saturated carbocycles. The van der Waals surface area contributed by atoms with Gasteiger partial charge in [-0.3, -0.25) is 0 Å². The van der Waals surface area contributed by atoms with Gasteiger partial charge in [0.15, 0.2) is 0 Å². The average Bonchev–Trinajstić information content (AvgIpc) is 2.56. The van der Waals surface area contributed by atoms with E-state index in [4.69, 9.17) is 4.74 Å². The van der Waals surface area contributed by atoms with Crippen LogP contribution in [0.3, 0.4) is 0 Å². The average molecular weight is 185 g/mol. The van der Waals surface area contributed by atoms with Crippen LogP contribution in [0.1, 0.15) is 24.0 Å². The minimum atomic E-state index is -0.215. The van der Waals surface area contributed by atoms with Crippen molar-refractivity contribution in [2.75, 3.05) is 6.61 Å². The summed E-state index contributed by atoms with van der Waals surface area (Å²) >= 11 is 1.58. The van der Waals surface area contributed by atoms with E-state index >= 15 is 0 Å². The molecule has 0 aromatic carbocycles. The molecule has 0 spiro atoms. The molecule has 1 aromatic rings. The first kappa shape index (κ1) is 8.16. The van der Waals surface area contributed by atoms with Crippen LogP contribution in [0.4, 0.5) is 0 Å². The molecule has 2 atom stereocenters. The topological polar surface area (TPSA) is 42.4 Å². The highest BCUT2D eigenvalue weighted by atomic mass is 32.1. The zero-order valence-electron chi connectivity index (χ0n) is 6.64. The second-order valence-electron chi connectivity index (χ2n) is 2.91. The Kier molecular flexibility index (Phi) is 2.39. The van der Waals surface area contributed by atoms with E-state index in [1.54, 1.807) is 17.5 Å². The number of hydrogen-bond acceptors (Lipinski definition) is 4. The number of ether oxygens (including phenoxy) is 1. The van der Waals surface area contributed by atoms with E-state index in [-0.39, 0.29) is 12.2 Å². The predicted octanol–water partition coefficient (Wildman–Crippen LogP) is 1.36. The Bertz CT molecular complexity index is 237. The van der Waals surface area contributed by atoms with Crippen molar-refractivity contribution in [1.82, 2.24) is 4.98 Å². The fraction of sp³-hybridized carbons (Fsp3) is 0.625. The van der Waals surface area contributed by atoms with Crippen molar-refractivity contribution in [3.8, 4) is 0 Å². The quantitative estimate of drug-likeness (QED) is 0.718. The summed E-state index contributed by atoms with van der Waals surface area (Å²) in [6.07, 6.45) is 3.01. The van der Waals surface area contributed by atoms with Gasteiger partial charge in [-0.1, -0.05) is 0 Å². The highest BCUT2D eigenvalue weighted by molar-refractivity contribution is 7.09. The molecule has 12 heavy (non-hydrogen) atoms. The summed E-state index contributed by atoms with van der Waals surface area (Å²) in [5, 5.41) is 12.3. The first-order chi connectivity index (χ1) is 5.86. The smallest absolute Gasteiger partial charge is 0.122 e. The van der Waals surface area contributed by atoms with E-state index in [1.807, 2.05) is 5.38 Å². The second kappa shape index (κ2) is 3.51. The molecule has 2 rings (SSSR count). The van der Waals surface area contributed by atoms with Crippen molar-refractivity contribution in [3.05, 3.63) is 16.6 Å². The van der Waals surface area contributed by atoms with Crippen molar-refractivity contribution in [1.29, 1.82) is 0 Å². The Morgan fingerprint density at radius 1 is 1.67 bits per heavy atom. The van der Waals surface area contributed by atoms with Gasteiger partial charge in [0, 0.05) is 24.6 Å². The molecule has 2 unspecified atom stereocenters. The van der Waals surface area contributed by atoms with Gasteiger partial charge in [0.25, 0.3) is 0 Å². The maximum atomic E-state index is 9.38. The number of rotatable bonds is 1. The summed E-state index contributed by atoms with van der Waals surface area (Å²) in [5.74, 6) is 0. The lowest BCUT2D eigenvalue weighted by atomic mass is 10.1. The van der Waals surface area contributed by atoms with Gasteiger partial charge in [0.05, 0.1) is 6.10 Å². The molecule has 1 aliphatic heterocycles. The Morgan fingerprint density at radius 2 is 2.58 bits per heavy atom. The van der Waals surface area contributed by atoms with Gasteiger partial charge >= 0.3 is 0 Å². The van der Waals surface area contributed by atoms with E-state index in [1.165, 1.54) is 0 Å². The molecule has 1 aromatic heterocycles. The van der Waals surface area contributed by atoms with E-state index in [0.717, 1.165) is 11.4 Å². The van der Waals surface area contributed by atoms with Crippen LogP contribution in [0.25, 0.3) is 0 Å². The predicted molar refractivity (Wildman–Crippen MR) is 46.0 cm³/mol. The van der Waals surface area contributed by atoms with E-state index in [2.05, 4.69) is 4.98 Å². The van der Waals surface area contributed by atoms with Crippen LogP contribution in [-0.2, 0) is 4.74 Å². The molecule has 0 bridgehead atoms. The zero-order valence-corrected chi connectivity index (χ0v) is 7.46. The molecule has 4 heteroatoms. The molecule has 0 radical (unpaired) electrons. The van der Waals surface area contributed by atoms with Crippen LogP contribution in [0, 0.1) is 0 Å². The molecule has 1 aliphatic rings. The van der Waals surface area contributed by atoms with Gasteiger partial charge in [0.2, 0.25) is 0 Å². The minimum Gasteiger partial charge on any atom is -0.393 e. The fourth-order valence-corrected chi connectivity index (χ4v) is 2.04. The number of aliphatic hydroxyl groups is 1. The van der Waals surface area contributed by atoms with Crippen molar-refractivity contribution in [2.45, 2.75) is 25.0 Å². The molecule has 3 nitrogen and oxygen atoms in total. The highest BCUT2D eigenvalue weighted by Gasteiger charge is 2.23. The molecule has 1 saturated heterocycles. The van der Waals surface area contributed by atoms with E-state index < -0.39 is 0 Å². The van der Waals surface area contributed by atoms with Crippen LogP contribution in [-0.4, -0.2) is 22.8 Å². The Labute approximate surface area is 75.0 Å². The van der Waals surface area contributed by atoms with Crippen LogP contribution in [0.2, 0.25) is 0 Å². The van der Waals surface area contributed by atoms with Gasteiger partial charge < -0.3 is 9.84 Å². The third-order valence-corrected chi connectivity index (χ3v) is 2.85. The first-order valence-corrected chi connectivity index (χ1v) is 4.93. The summed E-state index contributed by atoms with van der Waals surface area (Å²) in [7, 11) is 0. The second-order valence-corrected chi connectivity index (χ2v) is 3.83. The van der Waals surface area contributed by atoms with Gasteiger partial charge in [0.1, 0.15) is 11.1 Å². The number of hydrogen-bond donors (Lipinski definition) is 1. The largest absolute Gasteiger partial charge is 0.393 e. The highest BCUT2D eigenvalue weighted by Crippen LogP contribution is 2.28. The van der Waals surface area contributed by atoms with Crippen molar-refractivity contribution >= 4 is 11.3 Å². The van der Waals surface area contributed by atoms with E-state index in [0.29, 0.717) is 13.0 Å². The maximum Gasteiger partial charge on any atom is 0.122 e. The summed E-state index contributed by atoms with van der Waals surface area (Å²) < 4.78 is 5.48. The zero-order chi connectivity index (χ0) is 8.39. The SMILES string of the molecule is OC1CCOC(c2nccs2)C1. The lowest BCUT2D eigenvalue weighted by molar-refractivity contribution is -0.0448. The number of aliphatic hydroxyl groups excluding tert-OH is 1. The van der Waals surface area contributed by atoms with Gasteiger partial charge in [-0.25, -0.2) is 4.98 Å². The third kappa shape index (κ3) is 1.65. The van der Waals surface area contributed by atoms with Crippen LogP contribution in [0.15, 0.2) is 11.6 Å². The van der Waals surface area contributed by atoms with E-state index in [9.17, 15) is 5.11 Å². The Hall–Kier alpha value is -0.450. The molecule has 1 N–H and O–H groups in total. The number of thiazole rings is 1. The first-order valence-electron chi connectivity index (χ1n) is 4.05. The van der Waals surface area contributed by atoms with Crippen molar-refractivity contribution in [2.24, 2.45) is 0 Å². The summed E-state index contributed by atoms with van der Waals surface area (Å²) in [4.78, 5) is 4.16. The van der Waals surface area contributed by atoms with Gasteiger partial charge in [-0.05, 0) is 6.42 Å². The minimum absolute atomic E-state index is 0.0220. The number of aromatic nitrogens is 1. The Morgan fingerprint density at radius 3 is 3.25 bits per heavy atom. The van der Waals surface area contributed by atoms with Crippen LogP contribution >= 0.6 is 11.3 Å². The molecule has 0 aliphatic carbocycles. The fourth-order valence-electron chi connectivity index (χ4n) is 1.34. The summed E-state index contributed by atoms with van der Waals surface area (Å²) in [6.45, 7) is 0.644. The molecular formula is C8H11NO2S. The summed E-state index contributed by atoms with van der Waals surface area (Å²) in [6, 6.07) is 0. The van der Waals surface area contributed by atoms with Crippen molar-refractivity contribution < 1.29 is 9.84 Å².